The van der Waals surface area contributed by atoms with E-state index >= 15 is 0 Å². The minimum Gasteiger partial charge on any atom is -0.395 e. The molecule has 0 atom stereocenters. The molecule has 3 rings (SSSR count). The van der Waals surface area contributed by atoms with Gasteiger partial charge in [-0.1, -0.05) is 12.1 Å². The van der Waals surface area contributed by atoms with Gasteiger partial charge >= 0.3 is 6.29 Å². The number of alkyl halides is 2. The smallest absolute Gasteiger partial charge is 0.395 e. The van der Waals surface area contributed by atoms with Crippen molar-refractivity contribution in [2.24, 2.45) is 0 Å². The van der Waals surface area contributed by atoms with Crippen LogP contribution in [0.1, 0.15) is 10.4 Å². The van der Waals surface area contributed by atoms with Gasteiger partial charge in [-0.15, -0.1) is 8.78 Å². The largest absolute Gasteiger partial charge is 0.586 e. The van der Waals surface area contributed by atoms with Crippen LogP contribution >= 0.6 is 0 Å². The first kappa shape index (κ1) is 13.3. The first-order chi connectivity index (χ1) is 9.94. The van der Waals surface area contributed by atoms with Crippen molar-refractivity contribution in [1.82, 2.24) is 0 Å². The quantitative estimate of drug-likeness (QED) is 0.923. The lowest BCUT2D eigenvalue weighted by atomic mass is 10.2. The first-order valence-corrected chi connectivity index (χ1v) is 5.90. The van der Waals surface area contributed by atoms with Crippen molar-refractivity contribution in [3.05, 3.63) is 53.8 Å². The Morgan fingerprint density at radius 1 is 1.05 bits per heavy atom. The van der Waals surface area contributed by atoms with Crippen molar-refractivity contribution < 1.29 is 27.4 Å². The Hall–Kier alpha value is -2.70. The zero-order valence-electron chi connectivity index (χ0n) is 10.4. The van der Waals surface area contributed by atoms with Crippen LogP contribution in [0.2, 0.25) is 0 Å². The molecule has 0 spiro atoms. The number of carbonyl (C=O) groups excluding carboxylic acids is 1. The van der Waals surface area contributed by atoms with Gasteiger partial charge in [0.05, 0.1) is 5.56 Å². The fraction of sp³-hybridized carbons (Fsp3) is 0.0714. The summed E-state index contributed by atoms with van der Waals surface area (Å²) in [5.41, 5.74) is 0.0313. The van der Waals surface area contributed by atoms with E-state index in [-0.39, 0.29) is 22.7 Å². The van der Waals surface area contributed by atoms with E-state index < -0.39 is 18.0 Å². The summed E-state index contributed by atoms with van der Waals surface area (Å²) in [6.07, 6.45) is -3.73. The average Bonchev–Trinajstić information content (AvgIpc) is 2.72. The summed E-state index contributed by atoms with van der Waals surface area (Å²) >= 11 is 0. The summed E-state index contributed by atoms with van der Waals surface area (Å²) in [5, 5.41) is 2.40. The second-order valence-electron chi connectivity index (χ2n) is 4.26. The summed E-state index contributed by atoms with van der Waals surface area (Å²) in [7, 11) is 0. The van der Waals surface area contributed by atoms with Gasteiger partial charge in [0.2, 0.25) is 0 Å². The summed E-state index contributed by atoms with van der Waals surface area (Å²) in [5.74, 6) is -1.71. The van der Waals surface area contributed by atoms with Gasteiger partial charge in [0.15, 0.2) is 11.5 Å². The van der Waals surface area contributed by atoms with Gasteiger partial charge in [-0.2, -0.15) is 0 Å². The lowest BCUT2D eigenvalue weighted by Gasteiger charge is -2.06. The number of nitrogens with one attached hydrogen (secondary N) is 1. The maximum absolute atomic E-state index is 13.5. The standard InChI is InChI=1S/C14H8F3NO3/c15-10-4-2-1-3-9(10)13(19)18-8-5-6-11-12(7-8)21-14(16,17)20-11/h1-7H,(H,18,19). The Morgan fingerprint density at radius 2 is 1.76 bits per heavy atom. The number of hydrogen-bond donors (Lipinski definition) is 1. The molecule has 0 aliphatic carbocycles. The zero-order chi connectivity index (χ0) is 15.0. The minimum atomic E-state index is -3.73. The maximum Gasteiger partial charge on any atom is 0.586 e. The van der Waals surface area contributed by atoms with Crippen LogP contribution in [0.15, 0.2) is 42.5 Å². The minimum absolute atomic E-state index is 0.135. The summed E-state index contributed by atoms with van der Waals surface area (Å²) < 4.78 is 47.7. The fourth-order valence-corrected chi connectivity index (χ4v) is 1.87. The number of hydrogen-bond acceptors (Lipinski definition) is 3. The molecule has 0 saturated heterocycles. The van der Waals surface area contributed by atoms with E-state index in [0.29, 0.717) is 0 Å². The van der Waals surface area contributed by atoms with Crippen molar-refractivity contribution >= 4 is 11.6 Å². The Morgan fingerprint density at radius 3 is 2.52 bits per heavy atom. The summed E-state index contributed by atoms with van der Waals surface area (Å²) in [6.45, 7) is 0. The molecule has 7 heteroatoms. The van der Waals surface area contributed by atoms with Gasteiger partial charge in [0.1, 0.15) is 5.82 Å². The molecule has 0 aromatic heterocycles. The molecule has 0 bridgehead atoms. The molecule has 1 heterocycles. The Balaban J connectivity index is 1.81. The number of fused-ring (bicyclic) bond motifs is 1. The van der Waals surface area contributed by atoms with Gasteiger partial charge in [-0.25, -0.2) is 4.39 Å². The molecule has 21 heavy (non-hydrogen) atoms. The molecule has 1 aliphatic rings. The van der Waals surface area contributed by atoms with Crippen LogP contribution in [0.4, 0.5) is 18.9 Å². The van der Waals surface area contributed by atoms with Crippen molar-refractivity contribution in [2.75, 3.05) is 5.32 Å². The Kier molecular flexibility index (Phi) is 2.97. The molecular formula is C14H8F3NO3. The second kappa shape index (κ2) is 4.69. The highest BCUT2D eigenvalue weighted by atomic mass is 19.3. The molecule has 2 aromatic carbocycles. The molecule has 108 valence electrons. The number of ether oxygens (including phenoxy) is 2. The molecule has 4 nitrogen and oxygen atoms in total. The summed E-state index contributed by atoms with van der Waals surface area (Å²) in [4.78, 5) is 11.9. The molecule has 0 unspecified atom stereocenters. The third-order valence-corrected chi connectivity index (χ3v) is 2.78. The van der Waals surface area contributed by atoms with E-state index in [0.717, 1.165) is 6.07 Å². The normalized spacial score (nSPS) is 14.8. The number of carbonyl (C=O) groups is 1. The SMILES string of the molecule is O=C(Nc1ccc2c(c1)OC(F)(F)O2)c1ccccc1F. The highest BCUT2D eigenvalue weighted by Crippen LogP contribution is 2.42. The fourth-order valence-electron chi connectivity index (χ4n) is 1.87. The van der Waals surface area contributed by atoms with E-state index in [4.69, 9.17) is 0 Å². The highest BCUT2D eigenvalue weighted by molar-refractivity contribution is 6.04. The number of halogens is 3. The van der Waals surface area contributed by atoms with Crippen LogP contribution in [0.3, 0.4) is 0 Å². The number of benzene rings is 2. The highest BCUT2D eigenvalue weighted by Gasteiger charge is 2.43. The third-order valence-electron chi connectivity index (χ3n) is 2.78. The second-order valence-corrected chi connectivity index (χ2v) is 4.26. The zero-order valence-corrected chi connectivity index (χ0v) is 10.4. The van der Waals surface area contributed by atoms with Crippen LogP contribution in [0.25, 0.3) is 0 Å². The number of anilines is 1. The third kappa shape index (κ3) is 2.62. The monoisotopic (exact) mass is 295 g/mol. The predicted octanol–water partition coefficient (Wildman–Crippen LogP) is 3.40. The van der Waals surface area contributed by atoms with Gasteiger partial charge in [-0.3, -0.25) is 4.79 Å². The van der Waals surface area contributed by atoms with E-state index in [9.17, 15) is 18.0 Å². The van der Waals surface area contributed by atoms with E-state index in [1.165, 1.54) is 36.4 Å². The molecule has 1 amide bonds. The average molecular weight is 295 g/mol. The Bertz CT molecular complexity index is 718. The summed E-state index contributed by atoms with van der Waals surface area (Å²) in [6, 6.07) is 9.18. The van der Waals surface area contributed by atoms with Gasteiger partial charge in [0, 0.05) is 11.8 Å². The van der Waals surface area contributed by atoms with E-state index in [2.05, 4.69) is 14.8 Å². The van der Waals surface area contributed by atoms with Crippen LogP contribution < -0.4 is 14.8 Å². The molecule has 2 aromatic rings. The molecule has 0 fully saturated rings. The van der Waals surface area contributed by atoms with Crippen molar-refractivity contribution in [3.63, 3.8) is 0 Å². The predicted molar refractivity (Wildman–Crippen MR) is 67.0 cm³/mol. The topological polar surface area (TPSA) is 47.6 Å². The van der Waals surface area contributed by atoms with E-state index in [1.54, 1.807) is 0 Å². The first-order valence-electron chi connectivity index (χ1n) is 5.90. The molecule has 0 radical (unpaired) electrons. The van der Waals surface area contributed by atoms with Gasteiger partial charge in [0.25, 0.3) is 5.91 Å². The van der Waals surface area contributed by atoms with Crippen molar-refractivity contribution in [3.8, 4) is 11.5 Å². The van der Waals surface area contributed by atoms with Gasteiger partial charge in [-0.05, 0) is 24.3 Å². The number of rotatable bonds is 2. The molecular weight excluding hydrogens is 287 g/mol. The molecule has 1 aliphatic heterocycles. The van der Waals surface area contributed by atoms with Crippen LogP contribution in [-0.2, 0) is 0 Å². The van der Waals surface area contributed by atoms with E-state index in [1.807, 2.05) is 0 Å². The molecule has 1 N–H and O–H groups in total. The van der Waals surface area contributed by atoms with Crippen molar-refractivity contribution in [2.45, 2.75) is 6.29 Å². The number of amides is 1. The lowest BCUT2D eigenvalue weighted by molar-refractivity contribution is -0.286. The molecule has 0 saturated carbocycles. The lowest BCUT2D eigenvalue weighted by Crippen LogP contribution is -2.25. The van der Waals surface area contributed by atoms with Gasteiger partial charge < -0.3 is 14.8 Å². The van der Waals surface area contributed by atoms with Crippen LogP contribution in [0.5, 0.6) is 11.5 Å². The Labute approximate surface area is 117 Å². The van der Waals surface area contributed by atoms with Crippen molar-refractivity contribution in [1.29, 1.82) is 0 Å². The maximum atomic E-state index is 13.5. The van der Waals surface area contributed by atoms with Crippen LogP contribution in [-0.4, -0.2) is 12.2 Å². The van der Waals surface area contributed by atoms with Crippen LogP contribution in [0, 0.1) is 5.82 Å².